The van der Waals surface area contributed by atoms with Gasteiger partial charge >= 0.3 is 0 Å². The van der Waals surface area contributed by atoms with Crippen LogP contribution in [0.4, 0.5) is 11.8 Å². The number of aryl methyl sites for hydroxylation is 1. The standard InChI is InChI=1S/C20H28N4O2/c1-4-18-10-19(23-20(22-18)21-13(2)12-25)24-8-7-16-9-15(14(3)26)5-6-17(16)11-24/h5-6,9-10,13-14,25-26H,4,7-8,11-12H2,1-3H3,(H,21,22,23)/t13-,14+/m1/s1. The van der Waals surface area contributed by atoms with Crippen LogP contribution in [0.3, 0.4) is 0 Å². The van der Waals surface area contributed by atoms with Crippen molar-refractivity contribution in [2.45, 2.75) is 52.3 Å². The lowest BCUT2D eigenvalue weighted by atomic mass is 9.96. The molecule has 0 aliphatic carbocycles. The third-order valence-corrected chi connectivity index (χ3v) is 4.83. The van der Waals surface area contributed by atoms with E-state index in [9.17, 15) is 10.2 Å². The molecule has 3 rings (SSSR count). The number of hydrogen-bond acceptors (Lipinski definition) is 6. The molecule has 0 saturated heterocycles. The van der Waals surface area contributed by atoms with E-state index in [0.717, 1.165) is 43.0 Å². The lowest BCUT2D eigenvalue weighted by molar-refractivity contribution is 0.199. The smallest absolute Gasteiger partial charge is 0.225 e. The minimum absolute atomic E-state index is 0.0394. The van der Waals surface area contributed by atoms with Gasteiger partial charge in [0.1, 0.15) is 5.82 Å². The maximum absolute atomic E-state index is 9.78. The zero-order valence-corrected chi connectivity index (χ0v) is 15.7. The first kappa shape index (κ1) is 18.6. The number of anilines is 2. The van der Waals surface area contributed by atoms with Crippen molar-refractivity contribution in [3.8, 4) is 0 Å². The average Bonchev–Trinajstić information content (AvgIpc) is 2.66. The fraction of sp³-hybridized carbons (Fsp3) is 0.500. The summed E-state index contributed by atoms with van der Waals surface area (Å²) in [7, 11) is 0. The third kappa shape index (κ3) is 4.14. The summed E-state index contributed by atoms with van der Waals surface area (Å²) in [5.41, 5.74) is 4.53. The molecule has 6 heteroatoms. The second kappa shape index (κ2) is 8.01. The highest BCUT2D eigenvalue weighted by Crippen LogP contribution is 2.27. The van der Waals surface area contributed by atoms with Gasteiger partial charge < -0.3 is 20.4 Å². The van der Waals surface area contributed by atoms with Gasteiger partial charge in [-0.3, -0.25) is 0 Å². The maximum Gasteiger partial charge on any atom is 0.225 e. The van der Waals surface area contributed by atoms with Crippen LogP contribution in [-0.2, 0) is 19.4 Å². The predicted molar refractivity (Wildman–Crippen MR) is 103 cm³/mol. The predicted octanol–water partition coefficient (Wildman–Crippen LogP) is 2.45. The molecule has 1 aromatic heterocycles. The molecule has 0 bridgehead atoms. The van der Waals surface area contributed by atoms with Crippen molar-refractivity contribution in [3.63, 3.8) is 0 Å². The van der Waals surface area contributed by atoms with Crippen molar-refractivity contribution in [1.29, 1.82) is 0 Å². The first-order chi connectivity index (χ1) is 12.5. The number of benzene rings is 1. The number of nitrogens with zero attached hydrogens (tertiary/aromatic N) is 3. The summed E-state index contributed by atoms with van der Waals surface area (Å²) in [6.07, 6.45) is 1.33. The summed E-state index contributed by atoms with van der Waals surface area (Å²) >= 11 is 0. The van der Waals surface area contributed by atoms with E-state index < -0.39 is 6.10 Å². The average molecular weight is 356 g/mol. The number of nitrogens with one attached hydrogen (secondary N) is 1. The van der Waals surface area contributed by atoms with Crippen LogP contribution in [-0.4, -0.2) is 39.4 Å². The molecule has 1 aliphatic rings. The fourth-order valence-corrected chi connectivity index (χ4v) is 3.19. The van der Waals surface area contributed by atoms with Crippen molar-refractivity contribution in [2.75, 3.05) is 23.4 Å². The van der Waals surface area contributed by atoms with E-state index in [4.69, 9.17) is 0 Å². The Kier molecular flexibility index (Phi) is 5.74. The van der Waals surface area contributed by atoms with Crippen molar-refractivity contribution in [1.82, 2.24) is 9.97 Å². The van der Waals surface area contributed by atoms with E-state index in [1.54, 1.807) is 6.92 Å². The molecule has 6 nitrogen and oxygen atoms in total. The number of fused-ring (bicyclic) bond motifs is 1. The molecular weight excluding hydrogens is 328 g/mol. The molecule has 26 heavy (non-hydrogen) atoms. The van der Waals surface area contributed by atoms with Crippen molar-refractivity contribution in [2.24, 2.45) is 0 Å². The zero-order chi connectivity index (χ0) is 18.7. The highest BCUT2D eigenvalue weighted by atomic mass is 16.3. The van der Waals surface area contributed by atoms with Crippen molar-refractivity contribution < 1.29 is 10.2 Å². The largest absolute Gasteiger partial charge is 0.394 e. The topological polar surface area (TPSA) is 81.5 Å². The number of rotatable bonds is 6. The van der Waals surface area contributed by atoms with Crippen LogP contribution < -0.4 is 10.2 Å². The Morgan fingerprint density at radius 2 is 2.00 bits per heavy atom. The Morgan fingerprint density at radius 1 is 1.19 bits per heavy atom. The molecule has 0 saturated carbocycles. The van der Waals surface area contributed by atoms with Gasteiger partial charge in [-0.25, -0.2) is 4.98 Å². The van der Waals surface area contributed by atoms with Gasteiger partial charge in [0.05, 0.1) is 12.7 Å². The summed E-state index contributed by atoms with van der Waals surface area (Å²) in [4.78, 5) is 11.5. The molecule has 2 heterocycles. The normalized spacial score (nSPS) is 16.1. The Balaban J connectivity index is 1.84. The molecular formula is C20H28N4O2. The van der Waals surface area contributed by atoms with Crippen LogP contribution in [0.1, 0.15) is 49.3 Å². The molecule has 0 radical (unpaired) electrons. The van der Waals surface area contributed by atoms with Crippen LogP contribution >= 0.6 is 0 Å². The second-order valence-corrected chi connectivity index (χ2v) is 7.00. The van der Waals surface area contributed by atoms with E-state index in [1.165, 1.54) is 11.1 Å². The number of aromatic nitrogens is 2. The van der Waals surface area contributed by atoms with Crippen LogP contribution in [0.25, 0.3) is 0 Å². The zero-order valence-electron chi connectivity index (χ0n) is 15.7. The second-order valence-electron chi connectivity index (χ2n) is 7.00. The molecule has 140 valence electrons. The summed E-state index contributed by atoms with van der Waals surface area (Å²) in [5.74, 6) is 1.48. The van der Waals surface area contributed by atoms with Crippen LogP contribution in [0.5, 0.6) is 0 Å². The third-order valence-electron chi connectivity index (χ3n) is 4.83. The minimum Gasteiger partial charge on any atom is -0.394 e. The van der Waals surface area contributed by atoms with Crippen LogP contribution in [0.2, 0.25) is 0 Å². The Hall–Kier alpha value is -2.18. The molecule has 1 aliphatic heterocycles. The Labute approximate surface area is 154 Å². The number of aliphatic hydroxyl groups excluding tert-OH is 2. The van der Waals surface area contributed by atoms with E-state index >= 15 is 0 Å². The lowest BCUT2D eigenvalue weighted by Crippen LogP contribution is -2.32. The van der Waals surface area contributed by atoms with Gasteiger partial charge in [0.2, 0.25) is 5.95 Å². The Morgan fingerprint density at radius 3 is 2.69 bits per heavy atom. The highest BCUT2D eigenvalue weighted by molar-refractivity contribution is 5.49. The molecule has 0 unspecified atom stereocenters. The SMILES string of the molecule is CCc1cc(N2CCc3cc([C@H](C)O)ccc3C2)nc(N[C@H](C)CO)n1. The molecule has 1 aromatic carbocycles. The highest BCUT2D eigenvalue weighted by Gasteiger charge is 2.20. The van der Waals surface area contributed by atoms with E-state index in [2.05, 4.69) is 39.2 Å². The first-order valence-electron chi connectivity index (χ1n) is 9.30. The molecule has 0 spiro atoms. The van der Waals surface area contributed by atoms with Gasteiger partial charge in [0.15, 0.2) is 0 Å². The van der Waals surface area contributed by atoms with Gasteiger partial charge in [-0.15, -0.1) is 0 Å². The fourth-order valence-electron chi connectivity index (χ4n) is 3.19. The summed E-state index contributed by atoms with van der Waals surface area (Å²) < 4.78 is 0. The van der Waals surface area contributed by atoms with Gasteiger partial charge in [0.25, 0.3) is 0 Å². The first-order valence-corrected chi connectivity index (χ1v) is 9.30. The molecule has 2 aromatic rings. The van der Waals surface area contributed by atoms with Gasteiger partial charge in [-0.2, -0.15) is 4.98 Å². The van der Waals surface area contributed by atoms with Gasteiger partial charge in [0, 0.05) is 30.9 Å². The number of hydrogen-bond donors (Lipinski definition) is 3. The Bertz CT molecular complexity index is 763. The van der Waals surface area contributed by atoms with Crippen LogP contribution in [0.15, 0.2) is 24.3 Å². The monoisotopic (exact) mass is 356 g/mol. The van der Waals surface area contributed by atoms with Gasteiger partial charge in [-0.1, -0.05) is 25.1 Å². The summed E-state index contributed by atoms with van der Waals surface area (Å²) in [5, 5.41) is 22.2. The minimum atomic E-state index is -0.436. The van der Waals surface area contributed by atoms with Crippen molar-refractivity contribution >= 4 is 11.8 Å². The van der Waals surface area contributed by atoms with E-state index in [-0.39, 0.29) is 12.6 Å². The maximum atomic E-state index is 9.78. The number of aliphatic hydroxyl groups is 2. The molecule has 2 atom stereocenters. The van der Waals surface area contributed by atoms with Crippen LogP contribution in [0, 0.1) is 0 Å². The quantitative estimate of drug-likeness (QED) is 0.738. The van der Waals surface area contributed by atoms with E-state index in [0.29, 0.717) is 5.95 Å². The molecule has 0 amide bonds. The van der Waals surface area contributed by atoms with Gasteiger partial charge in [-0.05, 0) is 43.4 Å². The summed E-state index contributed by atoms with van der Waals surface area (Å²) in [6.45, 7) is 7.49. The van der Waals surface area contributed by atoms with Crippen molar-refractivity contribution in [3.05, 3.63) is 46.6 Å². The molecule has 0 fully saturated rings. The summed E-state index contributed by atoms with van der Waals surface area (Å²) in [6, 6.07) is 8.18. The van der Waals surface area contributed by atoms with E-state index in [1.807, 2.05) is 19.1 Å². The lowest BCUT2D eigenvalue weighted by Gasteiger charge is -2.31. The molecule has 3 N–H and O–H groups in total.